The van der Waals surface area contributed by atoms with E-state index < -0.39 is 0 Å². The Morgan fingerprint density at radius 1 is 0.356 bits per heavy atom. The molecule has 0 radical (unpaired) electrons. The number of hydrogen-bond acceptors (Lipinski definition) is 4. The molecule has 0 saturated carbocycles. The van der Waals surface area contributed by atoms with Crippen LogP contribution in [0.15, 0.2) is 152 Å². The third-order valence-corrected chi connectivity index (χ3v) is 9.78. The van der Waals surface area contributed by atoms with Crippen molar-refractivity contribution in [2.45, 2.75) is 0 Å². The minimum absolute atomic E-state index is 0.663. The summed E-state index contributed by atoms with van der Waals surface area (Å²) in [6.45, 7) is 0. The Labute approximate surface area is 264 Å². The van der Waals surface area contributed by atoms with Crippen LogP contribution in [0.1, 0.15) is 0 Å². The zero-order valence-electron chi connectivity index (χ0n) is 24.2. The summed E-state index contributed by atoms with van der Waals surface area (Å²) in [5.74, 6) is 1.99. The minimum atomic E-state index is 0.663. The molecule has 2 aromatic heterocycles. The molecule has 9 rings (SSSR count). The molecule has 0 aliphatic heterocycles. The molecule has 45 heavy (non-hydrogen) atoms. The summed E-state index contributed by atoms with van der Waals surface area (Å²) in [6, 6.07) is 53.2. The van der Waals surface area contributed by atoms with Crippen LogP contribution < -0.4 is 0 Å². The highest BCUT2D eigenvalue weighted by atomic mass is 32.1. The molecular formula is C41H25N3S. The molecule has 9 aromatic rings. The maximum Gasteiger partial charge on any atom is 0.164 e. The van der Waals surface area contributed by atoms with Crippen molar-refractivity contribution in [1.29, 1.82) is 0 Å². The van der Waals surface area contributed by atoms with Crippen molar-refractivity contribution < 1.29 is 0 Å². The Morgan fingerprint density at radius 2 is 0.889 bits per heavy atom. The molecule has 210 valence electrons. The zero-order valence-corrected chi connectivity index (χ0v) is 25.0. The van der Waals surface area contributed by atoms with Gasteiger partial charge < -0.3 is 0 Å². The van der Waals surface area contributed by atoms with Crippen LogP contribution in [0.4, 0.5) is 0 Å². The molecule has 7 aromatic carbocycles. The molecule has 3 nitrogen and oxygen atoms in total. The van der Waals surface area contributed by atoms with E-state index in [2.05, 4.69) is 91.0 Å². The van der Waals surface area contributed by atoms with Gasteiger partial charge in [0.15, 0.2) is 17.5 Å². The number of benzene rings is 7. The number of hydrogen-bond donors (Lipinski definition) is 0. The van der Waals surface area contributed by atoms with E-state index in [0.717, 1.165) is 16.7 Å². The van der Waals surface area contributed by atoms with Gasteiger partial charge in [-0.25, -0.2) is 15.0 Å². The first kappa shape index (κ1) is 25.8. The van der Waals surface area contributed by atoms with Gasteiger partial charge in [-0.1, -0.05) is 146 Å². The number of aromatic nitrogens is 3. The molecule has 0 amide bonds. The molecule has 0 N–H and O–H groups in total. The fraction of sp³-hybridized carbons (Fsp3) is 0. The Balaban J connectivity index is 1.30. The normalized spacial score (nSPS) is 11.6. The maximum absolute atomic E-state index is 5.01. The smallest absolute Gasteiger partial charge is 0.164 e. The van der Waals surface area contributed by atoms with Gasteiger partial charge in [0.2, 0.25) is 0 Å². The second-order valence-corrected chi connectivity index (χ2v) is 12.3. The maximum atomic E-state index is 5.01. The fourth-order valence-corrected chi connectivity index (χ4v) is 7.72. The average Bonchev–Trinajstić information content (AvgIpc) is 3.51. The van der Waals surface area contributed by atoms with Gasteiger partial charge in [-0.2, -0.15) is 0 Å². The van der Waals surface area contributed by atoms with E-state index in [4.69, 9.17) is 15.0 Å². The van der Waals surface area contributed by atoms with E-state index in [1.165, 1.54) is 52.8 Å². The quantitative estimate of drug-likeness (QED) is 0.191. The predicted octanol–water partition coefficient (Wildman–Crippen LogP) is 11.2. The van der Waals surface area contributed by atoms with Gasteiger partial charge in [0.05, 0.1) is 0 Å². The van der Waals surface area contributed by atoms with Crippen LogP contribution >= 0.6 is 11.3 Å². The van der Waals surface area contributed by atoms with E-state index in [-0.39, 0.29) is 0 Å². The first-order chi connectivity index (χ1) is 22.3. The predicted molar refractivity (Wildman–Crippen MR) is 189 cm³/mol. The van der Waals surface area contributed by atoms with Crippen molar-refractivity contribution in [2.24, 2.45) is 0 Å². The van der Waals surface area contributed by atoms with E-state index in [1.807, 2.05) is 72.0 Å². The van der Waals surface area contributed by atoms with Gasteiger partial charge in [-0.15, -0.1) is 11.3 Å². The van der Waals surface area contributed by atoms with Crippen molar-refractivity contribution in [3.05, 3.63) is 152 Å². The monoisotopic (exact) mass is 591 g/mol. The summed E-state index contributed by atoms with van der Waals surface area (Å²) < 4.78 is 2.62. The lowest BCUT2D eigenvalue weighted by Crippen LogP contribution is -2.00. The number of nitrogens with zero attached hydrogens (tertiary/aromatic N) is 3. The second-order valence-electron chi connectivity index (χ2n) is 11.2. The molecule has 2 heterocycles. The second kappa shape index (κ2) is 10.5. The molecule has 0 atom stereocenters. The van der Waals surface area contributed by atoms with Crippen LogP contribution in [0.25, 0.3) is 87.0 Å². The fourth-order valence-electron chi connectivity index (χ4n) is 6.31. The molecule has 0 spiro atoms. The highest BCUT2D eigenvalue weighted by Crippen LogP contribution is 2.44. The Kier molecular flexibility index (Phi) is 6.00. The van der Waals surface area contributed by atoms with Gasteiger partial charge in [0.1, 0.15) is 0 Å². The van der Waals surface area contributed by atoms with Gasteiger partial charge in [0, 0.05) is 42.2 Å². The van der Waals surface area contributed by atoms with Crippen molar-refractivity contribution in [3.63, 3.8) is 0 Å². The zero-order chi connectivity index (χ0) is 29.7. The third-order valence-electron chi connectivity index (χ3n) is 8.51. The first-order valence-electron chi connectivity index (χ1n) is 15.0. The van der Waals surface area contributed by atoms with E-state index in [1.54, 1.807) is 0 Å². The van der Waals surface area contributed by atoms with Crippen molar-refractivity contribution in [1.82, 2.24) is 15.0 Å². The van der Waals surface area contributed by atoms with Crippen LogP contribution in [0.5, 0.6) is 0 Å². The molecule has 0 fully saturated rings. The number of thiophene rings is 1. The standard InChI is InChI=1S/C41H25N3S/c1-4-11-26(12-5-1)32-17-10-18-33-34-24-23-28-21-19-27-20-22-31(25-35(27)36(28)38(34)45-37(32)33)41-43-39(29-13-6-2-7-14-29)42-40(44-41)30-15-8-3-9-16-30/h1-25H. The molecule has 0 saturated heterocycles. The van der Waals surface area contributed by atoms with E-state index in [0.29, 0.717) is 17.5 Å². The lowest BCUT2D eigenvalue weighted by atomic mass is 9.97. The summed E-state index contributed by atoms with van der Waals surface area (Å²) in [5, 5.41) is 7.48. The molecule has 4 heteroatoms. The van der Waals surface area contributed by atoms with Crippen LogP contribution in [0.3, 0.4) is 0 Å². The third kappa shape index (κ3) is 4.38. The molecular weight excluding hydrogens is 567 g/mol. The average molecular weight is 592 g/mol. The summed E-state index contributed by atoms with van der Waals surface area (Å²) in [4.78, 5) is 14.9. The van der Waals surface area contributed by atoms with Crippen molar-refractivity contribution in [3.8, 4) is 45.3 Å². The molecule has 0 bridgehead atoms. The Bertz CT molecular complexity index is 2460. The van der Waals surface area contributed by atoms with Crippen LogP contribution in [0.2, 0.25) is 0 Å². The summed E-state index contributed by atoms with van der Waals surface area (Å²) >= 11 is 1.89. The van der Waals surface area contributed by atoms with Crippen molar-refractivity contribution >= 4 is 53.1 Å². The van der Waals surface area contributed by atoms with E-state index in [9.17, 15) is 0 Å². The minimum Gasteiger partial charge on any atom is -0.208 e. The first-order valence-corrected chi connectivity index (χ1v) is 15.9. The van der Waals surface area contributed by atoms with Gasteiger partial charge >= 0.3 is 0 Å². The van der Waals surface area contributed by atoms with Gasteiger partial charge in [0.25, 0.3) is 0 Å². The van der Waals surface area contributed by atoms with Gasteiger partial charge in [-0.3, -0.25) is 0 Å². The topological polar surface area (TPSA) is 38.7 Å². The largest absolute Gasteiger partial charge is 0.208 e. The summed E-state index contributed by atoms with van der Waals surface area (Å²) in [5.41, 5.74) is 5.41. The highest BCUT2D eigenvalue weighted by molar-refractivity contribution is 7.27. The molecule has 0 aliphatic carbocycles. The summed E-state index contributed by atoms with van der Waals surface area (Å²) in [7, 11) is 0. The summed E-state index contributed by atoms with van der Waals surface area (Å²) in [6.07, 6.45) is 0. The molecule has 0 unspecified atom stereocenters. The lowest BCUT2D eigenvalue weighted by Gasteiger charge is -2.10. The number of rotatable bonds is 4. The van der Waals surface area contributed by atoms with Crippen LogP contribution in [-0.4, -0.2) is 15.0 Å². The Hall–Kier alpha value is -5.71. The number of fused-ring (bicyclic) bond motifs is 7. The lowest BCUT2D eigenvalue weighted by molar-refractivity contribution is 1.07. The van der Waals surface area contributed by atoms with E-state index >= 15 is 0 Å². The van der Waals surface area contributed by atoms with Crippen LogP contribution in [0, 0.1) is 0 Å². The Morgan fingerprint density at radius 3 is 1.56 bits per heavy atom. The molecule has 0 aliphatic rings. The van der Waals surface area contributed by atoms with Crippen molar-refractivity contribution in [2.75, 3.05) is 0 Å². The van der Waals surface area contributed by atoms with Gasteiger partial charge in [-0.05, 0) is 33.4 Å². The SMILES string of the molecule is c1ccc(-c2nc(-c3ccccc3)nc(-c3ccc4ccc5ccc6c7cccc(-c8ccccc8)c7sc6c5c4c3)n2)cc1. The van der Waals surface area contributed by atoms with Crippen LogP contribution in [-0.2, 0) is 0 Å². The highest BCUT2D eigenvalue weighted by Gasteiger charge is 2.16.